The van der Waals surface area contributed by atoms with Crippen LogP contribution in [0.5, 0.6) is 0 Å². The number of carboxylic acid groups (broad SMARTS) is 1. The molecular weight excluding hydrogens is 412 g/mol. The normalized spacial score (nSPS) is 14.1. The molecule has 8 nitrogen and oxygen atoms in total. The molecule has 0 saturated carbocycles. The van der Waals surface area contributed by atoms with Crippen molar-refractivity contribution in [1.82, 2.24) is 10.6 Å². The van der Waals surface area contributed by atoms with E-state index in [1.54, 1.807) is 0 Å². The van der Waals surface area contributed by atoms with Crippen molar-refractivity contribution in [3.05, 3.63) is 59.7 Å². The van der Waals surface area contributed by atoms with Crippen LogP contribution in [0.1, 0.15) is 43.2 Å². The Labute approximate surface area is 186 Å². The summed E-state index contributed by atoms with van der Waals surface area (Å²) in [7, 11) is 0. The molecule has 2 aromatic rings. The molecular formula is C24H28N2O6. The molecule has 170 valence electrons. The van der Waals surface area contributed by atoms with Crippen molar-refractivity contribution in [2.24, 2.45) is 0 Å². The van der Waals surface area contributed by atoms with Crippen molar-refractivity contribution < 1.29 is 29.3 Å². The van der Waals surface area contributed by atoms with Crippen LogP contribution in [0.25, 0.3) is 11.1 Å². The number of alkyl carbamates (subject to hydrolysis) is 1. The average Bonchev–Trinajstić information content (AvgIpc) is 3.11. The number of hydrogen-bond acceptors (Lipinski definition) is 5. The van der Waals surface area contributed by atoms with Crippen molar-refractivity contribution in [1.29, 1.82) is 0 Å². The summed E-state index contributed by atoms with van der Waals surface area (Å²) in [6.07, 6.45) is -1.30. The Kier molecular flexibility index (Phi) is 7.83. The van der Waals surface area contributed by atoms with Gasteiger partial charge in [-0.25, -0.2) is 9.59 Å². The number of nitrogens with one attached hydrogen (secondary N) is 2. The molecule has 0 unspecified atom stereocenters. The van der Waals surface area contributed by atoms with Crippen LogP contribution in [0.15, 0.2) is 48.5 Å². The van der Waals surface area contributed by atoms with Crippen LogP contribution in [-0.4, -0.2) is 53.5 Å². The molecule has 0 radical (unpaired) electrons. The second kappa shape index (κ2) is 10.8. The van der Waals surface area contributed by atoms with Gasteiger partial charge in [0, 0.05) is 18.9 Å². The summed E-state index contributed by atoms with van der Waals surface area (Å²) in [5.41, 5.74) is 4.45. The molecule has 2 atom stereocenters. The first-order valence-electron chi connectivity index (χ1n) is 10.7. The van der Waals surface area contributed by atoms with Gasteiger partial charge in [0.1, 0.15) is 12.6 Å². The lowest BCUT2D eigenvalue weighted by molar-refractivity contribution is -0.147. The predicted molar refractivity (Wildman–Crippen MR) is 118 cm³/mol. The molecule has 0 fully saturated rings. The maximum Gasteiger partial charge on any atom is 0.407 e. The number of amides is 2. The zero-order valence-electron chi connectivity index (χ0n) is 17.9. The Balaban J connectivity index is 1.57. The number of hydrogen-bond donors (Lipinski definition) is 4. The molecule has 8 heteroatoms. The fourth-order valence-electron chi connectivity index (χ4n) is 3.92. The molecule has 0 aromatic heterocycles. The average molecular weight is 440 g/mol. The minimum absolute atomic E-state index is 0.0150. The fourth-order valence-corrected chi connectivity index (χ4v) is 3.92. The third kappa shape index (κ3) is 5.45. The van der Waals surface area contributed by atoms with E-state index in [4.69, 9.17) is 9.84 Å². The monoisotopic (exact) mass is 440 g/mol. The minimum Gasteiger partial charge on any atom is -0.479 e. The Morgan fingerprint density at radius 2 is 1.59 bits per heavy atom. The minimum atomic E-state index is -1.55. The summed E-state index contributed by atoms with van der Waals surface area (Å²) >= 11 is 0. The van der Waals surface area contributed by atoms with Crippen LogP contribution in [0.3, 0.4) is 0 Å². The Morgan fingerprint density at radius 1 is 1.00 bits per heavy atom. The van der Waals surface area contributed by atoms with Gasteiger partial charge in [0.15, 0.2) is 6.10 Å². The van der Waals surface area contributed by atoms with Gasteiger partial charge in [0.2, 0.25) is 5.91 Å². The van der Waals surface area contributed by atoms with Gasteiger partial charge in [-0.3, -0.25) is 4.79 Å². The summed E-state index contributed by atoms with van der Waals surface area (Å²) in [4.78, 5) is 35.5. The van der Waals surface area contributed by atoms with Gasteiger partial charge in [0.05, 0.1) is 0 Å². The van der Waals surface area contributed by atoms with E-state index < -0.39 is 30.1 Å². The first kappa shape index (κ1) is 23.3. The zero-order valence-corrected chi connectivity index (χ0v) is 17.9. The standard InChI is InChI=1S/C24H28N2O6/c1-2-7-20(22(28)25-13-12-21(27)23(29)30)26-24(31)32-14-19-17-10-5-3-8-15(17)16-9-4-6-11-18(16)19/h3-6,8-11,19-21,27H,2,7,12-14H2,1H3,(H,25,28)(H,26,31)(H,29,30)/t20-,21+/m1/s1. The molecule has 32 heavy (non-hydrogen) atoms. The maximum absolute atomic E-state index is 12.5. The number of benzene rings is 2. The number of aliphatic hydroxyl groups is 1. The first-order valence-corrected chi connectivity index (χ1v) is 10.7. The van der Waals surface area contributed by atoms with Crippen LogP contribution in [0, 0.1) is 0 Å². The van der Waals surface area contributed by atoms with E-state index in [0.717, 1.165) is 22.3 Å². The number of carbonyl (C=O) groups excluding carboxylic acids is 2. The summed E-state index contributed by atoms with van der Waals surface area (Å²) in [5, 5.41) is 23.1. The van der Waals surface area contributed by atoms with Crippen molar-refractivity contribution in [3.63, 3.8) is 0 Å². The van der Waals surface area contributed by atoms with Crippen molar-refractivity contribution in [2.75, 3.05) is 13.2 Å². The molecule has 3 rings (SSSR count). The SMILES string of the molecule is CCC[C@@H](NC(=O)OCC1c2ccccc2-c2ccccc21)C(=O)NCC[C@H](O)C(=O)O. The fraction of sp³-hybridized carbons (Fsp3) is 0.375. The Hall–Kier alpha value is -3.39. The molecule has 0 aliphatic heterocycles. The van der Waals surface area contributed by atoms with E-state index in [0.29, 0.717) is 12.8 Å². The number of rotatable bonds is 10. The summed E-state index contributed by atoms with van der Waals surface area (Å²) in [6.45, 7) is 2.01. The third-order valence-electron chi connectivity index (χ3n) is 5.53. The number of aliphatic hydroxyl groups excluding tert-OH is 1. The molecule has 2 aromatic carbocycles. The van der Waals surface area contributed by atoms with E-state index >= 15 is 0 Å². The smallest absolute Gasteiger partial charge is 0.407 e. The van der Waals surface area contributed by atoms with E-state index in [1.807, 2.05) is 43.3 Å². The Bertz CT molecular complexity index is 931. The number of fused-ring (bicyclic) bond motifs is 3. The quantitative estimate of drug-likeness (QED) is 0.450. The lowest BCUT2D eigenvalue weighted by atomic mass is 9.98. The molecule has 0 heterocycles. The van der Waals surface area contributed by atoms with Crippen molar-refractivity contribution in [3.8, 4) is 11.1 Å². The summed E-state index contributed by atoms with van der Waals surface area (Å²) in [6, 6.07) is 15.2. The molecule has 2 amide bonds. The topological polar surface area (TPSA) is 125 Å². The zero-order chi connectivity index (χ0) is 23.1. The van der Waals surface area contributed by atoms with Crippen LogP contribution in [0.4, 0.5) is 4.79 Å². The van der Waals surface area contributed by atoms with Gasteiger partial charge in [-0.05, 0) is 28.7 Å². The molecule has 4 N–H and O–H groups in total. The number of carboxylic acids is 1. The van der Waals surface area contributed by atoms with E-state index in [2.05, 4.69) is 22.8 Å². The van der Waals surface area contributed by atoms with Crippen LogP contribution >= 0.6 is 0 Å². The van der Waals surface area contributed by atoms with Crippen LogP contribution in [-0.2, 0) is 14.3 Å². The van der Waals surface area contributed by atoms with Gasteiger partial charge in [0.25, 0.3) is 0 Å². The Morgan fingerprint density at radius 3 is 2.16 bits per heavy atom. The highest BCUT2D eigenvalue weighted by atomic mass is 16.5. The highest BCUT2D eigenvalue weighted by molar-refractivity contribution is 5.85. The van der Waals surface area contributed by atoms with Gasteiger partial charge < -0.3 is 25.6 Å². The van der Waals surface area contributed by atoms with E-state index in [-0.39, 0.29) is 25.5 Å². The maximum atomic E-state index is 12.5. The van der Waals surface area contributed by atoms with E-state index in [9.17, 15) is 19.5 Å². The number of carbonyl (C=O) groups is 3. The highest BCUT2D eigenvalue weighted by Gasteiger charge is 2.29. The highest BCUT2D eigenvalue weighted by Crippen LogP contribution is 2.44. The molecule has 1 aliphatic carbocycles. The van der Waals surface area contributed by atoms with Crippen molar-refractivity contribution >= 4 is 18.0 Å². The van der Waals surface area contributed by atoms with Gasteiger partial charge in [-0.1, -0.05) is 61.9 Å². The predicted octanol–water partition coefficient (Wildman–Crippen LogP) is 2.65. The lowest BCUT2D eigenvalue weighted by Gasteiger charge is -2.19. The second-order valence-electron chi connectivity index (χ2n) is 7.74. The first-order chi connectivity index (χ1) is 15.4. The van der Waals surface area contributed by atoms with Gasteiger partial charge >= 0.3 is 12.1 Å². The van der Waals surface area contributed by atoms with Gasteiger partial charge in [-0.2, -0.15) is 0 Å². The molecule has 0 spiro atoms. The summed E-state index contributed by atoms with van der Waals surface area (Å²) < 4.78 is 5.49. The lowest BCUT2D eigenvalue weighted by Crippen LogP contribution is -2.47. The molecule has 0 bridgehead atoms. The van der Waals surface area contributed by atoms with Crippen LogP contribution in [0.2, 0.25) is 0 Å². The number of aliphatic carboxylic acids is 1. The van der Waals surface area contributed by atoms with Crippen LogP contribution < -0.4 is 10.6 Å². The third-order valence-corrected chi connectivity index (χ3v) is 5.53. The molecule has 0 saturated heterocycles. The summed E-state index contributed by atoms with van der Waals surface area (Å²) in [5.74, 6) is -1.87. The van der Waals surface area contributed by atoms with Crippen molar-refractivity contribution in [2.45, 2.75) is 44.2 Å². The van der Waals surface area contributed by atoms with Gasteiger partial charge in [-0.15, -0.1) is 0 Å². The van der Waals surface area contributed by atoms with E-state index in [1.165, 1.54) is 0 Å². The second-order valence-corrected chi connectivity index (χ2v) is 7.74. The molecule has 1 aliphatic rings. The largest absolute Gasteiger partial charge is 0.479 e. The number of ether oxygens (including phenoxy) is 1.